The van der Waals surface area contributed by atoms with E-state index in [1.807, 2.05) is 0 Å². The molecule has 29 heteroatoms. The number of benzene rings is 1. The molecule has 1 heterocycles. The van der Waals surface area contributed by atoms with E-state index in [0.29, 0.717) is 24.1 Å². The number of nitrogens with one attached hydrogen (secondary N) is 8. The van der Waals surface area contributed by atoms with Crippen LogP contribution in [0.25, 0.3) is 0 Å². The first-order chi connectivity index (χ1) is 37.2. The van der Waals surface area contributed by atoms with Crippen LogP contribution in [-0.4, -0.2) is 200 Å². The largest absolute Gasteiger partial charge is 0.480 e. The second-order valence-electron chi connectivity index (χ2n) is 19.6. The third-order valence-electron chi connectivity index (χ3n) is 12.2. The number of aliphatic hydroxyl groups is 2. The van der Waals surface area contributed by atoms with E-state index in [1.54, 1.807) is 58.0 Å². The van der Waals surface area contributed by atoms with E-state index in [4.69, 9.17) is 22.9 Å². The number of carbonyl (C=O) groups is 10. The molecule has 1 unspecified atom stereocenters. The number of imidazole rings is 1. The van der Waals surface area contributed by atoms with Crippen molar-refractivity contribution in [1.82, 2.24) is 57.0 Å². The minimum Gasteiger partial charge on any atom is -0.480 e. The van der Waals surface area contributed by atoms with Crippen LogP contribution in [0.4, 0.5) is 0 Å². The Labute approximate surface area is 459 Å². The van der Waals surface area contributed by atoms with Crippen LogP contribution in [0.3, 0.4) is 0 Å². The number of hydrogen-bond donors (Lipinski definition) is 15. The Bertz CT molecular complexity index is 2350. The van der Waals surface area contributed by atoms with Crippen molar-refractivity contribution in [2.75, 3.05) is 45.8 Å². The number of aliphatic imine (C=N–C) groups is 1. The minimum atomic E-state index is -1.84. The number of aliphatic carboxylic acids is 1. The summed E-state index contributed by atoms with van der Waals surface area (Å²) in [6.45, 7) is 8.79. The fourth-order valence-electron chi connectivity index (χ4n) is 7.74. The summed E-state index contributed by atoms with van der Waals surface area (Å²) in [7, 11) is 0. The van der Waals surface area contributed by atoms with Crippen LogP contribution in [0.2, 0.25) is 0 Å². The van der Waals surface area contributed by atoms with Gasteiger partial charge in [-0.2, -0.15) is 0 Å². The van der Waals surface area contributed by atoms with Crippen LogP contribution in [0.15, 0.2) is 47.8 Å². The van der Waals surface area contributed by atoms with Crippen molar-refractivity contribution in [3.8, 4) is 0 Å². The van der Waals surface area contributed by atoms with E-state index in [-0.39, 0.29) is 57.3 Å². The van der Waals surface area contributed by atoms with Crippen LogP contribution in [0, 0.1) is 11.8 Å². The zero-order valence-corrected chi connectivity index (χ0v) is 45.9. The van der Waals surface area contributed by atoms with Crippen LogP contribution in [-0.2, 0) is 60.8 Å². The van der Waals surface area contributed by atoms with Crippen molar-refractivity contribution in [2.24, 2.45) is 39.8 Å². The molecule has 0 fully saturated rings. The summed E-state index contributed by atoms with van der Waals surface area (Å²) in [5.74, 6) is -9.72. The molecule has 2 rings (SSSR count). The molecule has 0 aliphatic rings. The first-order valence-corrected chi connectivity index (χ1v) is 25.9. The van der Waals surface area contributed by atoms with Gasteiger partial charge in [-0.3, -0.25) is 52.9 Å². The molecular formula is C50H82N16O13. The molecule has 0 saturated carbocycles. The zero-order valence-electron chi connectivity index (χ0n) is 45.9. The van der Waals surface area contributed by atoms with E-state index >= 15 is 0 Å². The number of nitrogens with two attached hydrogens (primary N) is 4. The topological polar surface area (TPSA) is 467 Å². The van der Waals surface area contributed by atoms with Gasteiger partial charge in [0, 0.05) is 50.9 Å². The van der Waals surface area contributed by atoms with E-state index in [0.717, 1.165) is 23.6 Å². The molecule has 2 aromatic rings. The fourth-order valence-corrected chi connectivity index (χ4v) is 7.74. The molecule has 19 N–H and O–H groups in total. The van der Waals surface area contributed by atoms with Crippen molar-refractivity contribution in [3.63, 3.8) is 0 Å². The number of amides is 9. The van der Waals surface area contributed by atoms with E-state index in [1.165, 1.54) is 19.4 Å². The number of carboxylic acids is 1. The van der Waals surface area contributed by atoms with Gasteiger partial charge in [0.1, 0.15) is 42.8 Å². The number of hydrogen-bond acceptors (Lipinski definition) is 16. The summed E-state index contributed by atoms with van der Waals surface area (Å²) in [6, 6.07) is -1.32. The van der Waals surface area contributed by atoms with Crippen LogP contribution in [0.1, 0.15) is 79.0 Å². The summed E-state index contributed by atoms with van der Waals surface area (Å²) < 4.78 is 0. The lowest BCUT2D eigenvalue weighted by Crippen LogP contribution is -2.62. The van der Waals surface area contributed by atoms with Gasteiger partial charge >= 0.3 is 5.97 Å². The number of aromatic nitrogens is 2. The normalized spacial score (nSPS) is 14.9. The number of H-pyrrole nitrogens is 1. The number of carboxylic acid groups (broad SMARTS) is 1. The lowest BCUT2D eigenvalue weighted by atomic mass is 9.97. The predicted molar refractivity (Wildman–Crippen MR) is 288 cm³/mol. The molecule has 10 atom stereocenters. The third-order valence-corrected chi connectivity index (χ3v) is 12.2. The molecule has 440 valence electrons. The van der Waals surface area contributed by atoms with Gasteiger partial charge in [-0.25, -0.2) is 4.98 Å². The van der Waals surface area contributed by atoms with Crippen LogP contribution in [0.5, 0.6) is 0 Å². The highest BCUT2D eigenvalue weighted by atomic mass is 16.4. The second-order valence-corrected chi connectivity index (χ2v) is 19.6. The standard InChI is InChI=1S/C50H82N16O13/c1-8-28(4)40(49(79)66(23-27(2)3)25-39(71)72)62-37(69)24-65(18-16-51)38(70)22-57-47(77)41(30(6)67)64-48(78)42(31(7)68)63-46(76)36(20-33-21-55-26-58-33)61-45(75)35(19-32-13-10-9-11-14-32)60-43(73)29(5)59-44(74)34(52)15-12-17-56-50(53)54/h9-11,13-14,21,26-31,34-36,40-42,67-68H,8,12,15-20,22-25,51-52H2,1-7H3,(H,55,58)(H,57,77)(H,59,74)(H,60,73)(H,61,75)(H,62,69)(H,63,76)(H,64,78)(H,71,72)(H4,53,54,56)/t28?,29-,30+,31+,34-,35+,36-,40-,41-,42-/m0/s1. The Balaban J connectivity index is 2.27. The second kappa shape index (κ2) is 34.2. The van der Waals surface area contributed by atoms with E-state index in [9.17, 15) is 63.3 Å². The molecule has 29 nitrogen and oxygen atoms in total. The van der Waals surface area contributed by atoms with Crippen molar-refractivity contribution in [2.45, 2.75) is 135 Å². The van der Waals surface area contributed by atoms with Gasteiger partial charge in [-0.05, 0) is 51.0 Å². The summed E-state index contributed by atoms with van der Waals surface area (Å²) in [5, 5.41) is 48.3. The molecule has 1 aromatic carbocycles. The SMILES string of the molecule is CCC(C)[C@H](NC(=O)CN(CCN)C(=O)CNC(=O)[C@@H](NC(=O)[C@@H](NC(=O)[C@H](Cc1cnc[nH]1)NC(=O)[C@@H](Cc1ccccc1)NC(=O)[C@H](C)NC(=O)[C@@H](N)CCCN=C(N)N)[C@@H](C)O)[C@@H](C)O)C(=O)N(CC(=O)O)CC(C)C. The highest BCUT2D eigenvalue weighted by Gasteiger charge is 2.37. The van der Waals surface area contributed by atoms with Crippen molar-refractivity contribution >= 4 is 65.1 Å². The highest BCUT2D eigenvalue weighted by molar-refractivity contribution is 5.98. The molecule has 0 spiro atoms. The average Bonchev–Trinajstić information content (AvgIpc) is 3.90. The first kappa shape index (κ1) is 67.3. The number of guanidine groups is 1. The first-order valence-electron chi connectivity index (χ1n) is 25.9. The molecule has 9 amide bonds. The van der Waals surface area contributed by atoms with Crippen LogP contribution >= 0.6 is 0 Å². The lowest BCUT2D eigenvalue weighted by Gasteiger charge is -2.31. The monoisotopic (exact) mass is 1110 g/mol. The highest BCUT2D eigenvalue weighted by Crippen LogP contribution is 2.14. The van der Waals surface area contributed by atoms with Crippen molar-refractivity contribution < 1.29 is 63.3 Å². The summed E-state index contributed by atoms with van der Waals surface area (Å²) >= 11 is 0. The molecule has 0 radical (unpaired) electrons. The summed E-state index contributed by atoms with van der Waals surface area (Å²) in [6.07, 6.45) is 0.0168. The van der Waals surface area contributed by atoms with Crippen molar-refractivity contribution in [3.05, 3.63) is 54.1 Å². The number of aliphatic hydroxyl groups excluding tert-OH is 2. The molecule has 1 aromatic heterocycles. The summed E-state index contributed by atoms with van der Waals surface area (Å²) in [5.41, 5.74) is 23.4. The average molecular weight is 1120 g/mol. The molecule has 0 saturated heterocycles. The van der Waals surface area contributed by atoms with Gasteiger partial charge in [0.05, 0.1) is 37.7 Å². The molecule has 0 aliphatic heterocycles. The Hall–Kier alpha value is -7.76. The van der Waals surface area contributed by atoms with Gasteiger partial charge in [0.25, 0.3) is 0 Å². The lowest BCUT2D eigenvalue weighted by molar-refractivity contribution is -0.147. The Morgan fingerprint density at radius 3 is 1.87 bits per heavy atom. The van der Waals surface area contributed by atoms with Gasteiger partial charge < -0.3 is 90.3 Å². The summed E-state index contributed by atoms with van der Waals surface area (Å²) in [4.78, 5) is 147. The Morgan fingerprint density at radius 1 is 0.722 bits per heavy atom. The Kier molecular flexibility index (Phi) is 29.1. The van der Waals surface area contributed by atoms with Crippen LogP contribution < -0.4 is 60.2 Å². The van der Waals surface area contributed by atoms with Gasteiger partial charge in [0.15, 0.2) is 5.96 Å². The zero-order chi connectivity index (χ0) is 59.5. The maximum Gasteiger partial charge on any atom is 0.323 e. The van der Waals surface area contributed by atoms with Gasteiger partial charge in [0.2, 0.25) is 53.2 Å². The predicted octanol–water partition coefficient (Wildman–Crippen LogP) is -5.22. The smallest absolute Gasteiger partial charge is 0.323 e. The Morgan fingerprint density at radius 2 is 1.32 bits per heavy atom. The molecule has 0 bridgehead atoms. The van der Waals surface area contributed by atoms with E-state index in [2.05, 4.69) is 52.2 Å². The van der Waals surface area contributed by atoms with E-state index < -0.39 is 139 Å². The number of rotatable bonds is 35. The molecule has 79 heavy (non-hydrogen) atoms. The number of carbonyl (C=O) groups excluding carboxylic acids is 9. The number of nitrogens with zero attached hydrogens (tertiary/aromatic N) is 4. The molecule has 0 aliphatic carbocycles. The van der Waals surface area contributed by atoms with Crippen molar-refractivity contribution in [1.29, 1.82) is 0 Å². The molecular weight excluding hydrogens is 1030 g/mol. The maximum atomic E-state index is 14.2. The fraction of sp³-hybridized carbons (Fsp3) is 0.600. The van der Waals surface area contributed by atoms with Gasteiger partial charge in [-0.1, -0.05) is 64.4 Å². The third kappa shape index (κ3) is 24.2. The maximum absolute atomic E-state index is 14.2. The van der Waals surface area contributed by atoms with Gasteiger partial charge in [-0.15, -0.1) is 0 Å². The minimum absolute atomic E-state index is 0.0909. The number of aromatic amines is 1. The quantitative estimate of drug-likeness (QED) is 0.0174.